The lowest BCUT2D eigenvalue weighted by atomic mass is 10.0. The lowest BCUT2D eigenvalue weighted by molar-refractivity contribution is -0.147. The van der Waals surface area contributed by atoms with Crippen molar-refractivity contribution in [1.29, 1.82) is 0 Å². The molecule has 0 bridgehead atoms. The maximum absolute atomic E-state index is 12.4. The Bertz CT molecular complexity index is 475. The van der Waals surface area contributed by atoms with Crippen molar-refractivity contribution in [2.75, 3.05) is 19.5 Å². The van der Waals surface area contributed by atoms with Gasteiger partial charge in [-0.3, -0.25) is 9.69 Å². The molecule has 20 heavy (non-hydrogen) atoms. The van der Waals surface area contributed by atoms with Crippen LogP contribution in [0, 0.1) is 0 Å². The lowest BCUT2D eigenvalue weighted by Gasteiger charge is -2.48. The fourth-order valence-corrected chi connectivity index (χ4v) is 4.11. The van der Waals surface area contributed by atoms with Gasteiger partial charge >= 0.3 is 5.97 Å². The number of β-lactam (4-membered cyclic amide) rings is 1. The van der Waals surface area contributed by atoms with E-state index >= 15 is 0 Å². The summed E-state index contributed by atoms with van der Waals surface area (Å²) >= 11 is 1.56. The molecular formula is C12H20N2O4SSi. The summed E-state index contributed by atoms with van der Waals surface area (Å²) < 4.78 is 10.7. The minimum absolute atomic E-state index is 0.160. The van der Waals surface area contributed by atoms with Crippen LogP contribution < -0.4 is 5.73 Å². The van der Waals surface area contributed by atoms with Gasteiger partial charge in [-0.15, -0.1) is 11.8 Å². The Morgan fingerprint density at radius 2 is 2.15 bits per heavy atom. The summed E-state index contributed by atoms with van der Waals surface area (Å²) in [5.41, 5.74) is 6.90. The first-order chi connectivity index (χ1) is 9.26. The lowest BCUT2D eigenvalue weighted by Crippen LogP contribution is -2.68. The molecule has 8 heteroatoms. The van der Waals surface area contributed by atoms with Gasteiger partial charge in [-0.05, 0) is 25.2 Å². The van der Waals surface area contributed by atoms with Gasteiger partial charge in [0.05, 0.1) is 6.61 Å². The molecule has 112 valence electrons. The van der Waals surface area contributed by atoms with Gasteiger partial charge in [0, 0.05) is 12.9 Å². The summed E-state index contributed by atoms with van der Waals surface area (Å²) in [5, 5.41) is -0.160. The molecule has 0 aliphatic carbocycles. The topological polar surface area (TPSA) is 81.9 Å². The predicted molar refractivity (Wildman–Crippen MR) is 79.4 cm³/mol. The minimum Gasteiger partial charge on any atom is -0.515 e. The maximum atomic E-state index is 12.4. The first-order valence-electron chi connectivity index (χ1n) is 6.41. The molecule has 0 aromatic heterocycles. The molecule has 2 aliphatic rings. The van der Waals surface area contributed by atoms with E-state index in [4.69, 9.17) is 14.9 Å². The average molecular weight is 316 g/mol. The van der Waals surface area contributed by atoms with Gasteiger partial charge in [-0.2, -0.15) is 0 Å². The molecular weight excluding hydrogens is 296 g/mol. The van der Waals surface area contributed by atoms with Crippen molar-refractivity contribution < 1.29 is 18.8 Å². The number of fused-ring (bicyclic) bond motifs is 1. The second-order valence-electron chi connectivity index (χ2n) is 5.82. The largest absolute Gasteiger partial charge is 0.515 e. The molecule has 2 heterocycles. The van der Waals surface area contributed by atoms with Crippen LogP contribution in [0.25, 0.3) is 0 Å². The first-order valence-corrected chi connectivity index (χ1v) is 10.9. The van der Waals surface area contributed by atoms with Gasteiger partial charge in [0.1, 0.15) is 17.1 Å². The van der Waals surface area contributed by atoms with Crippen LogP contribution in [0.2, 0.25) is 19.6 Å². The van der Waals surface area contributed by atoms with Crippen molar-refractivity contribution >= 4 is 32.0 Å². The Labute approximate surface area is 123 Å². The van der Waals surface area contributed by atoms with E-state index in [0.29, 0.717) is 18.1 Å². The SMILES string of the molecule is COCC1=C(C(=O)O[Si](C)(C)C)N2C(=O)[C@@H](N)[C@H]2SC1. The molecule has 2 rings (SSSR count). The van der Waals surface area contributed by atoms with Gasteiger partial charge in [-0.1, -0.05) is 0 Å². The molecule has 1 saturated heterocycles. The summed E-state index contributed by atoms with van der Waals surface area (Å²) in [7, 11) is -0.460. The smallest absolute Gasteiger partial charge is 0.341 e. The van der Waals surface area contributed by atoms with E-state index in [-0.39, 0.29) is 11.3 Å². The number of hydrogen-bond donors (Lipinski definition) is 1. The van der Waals surface area contributed by atoms with E-state index in [9.17, 15) is 9.59 Å². The molecule has 0 spiro atoms. The van der Waals surface area contributed by atoms with E-state index in [0.717, 1.165) is 5.57 Å². The van der Waals surface area contributed by atoms with Gasteiger partial charge in [-0.25, -0.2) is 4.79 Å². The number of ether oxygens (including phenoxy) is 1. The number of rotatable bonds is 4. The number of hydrogen-bond acceptors (Lipinski definition) is 6. The average Bonchev–Trinajstić information content (AvgIpc) is 2.35. The molecule has 2 atom stereocenters. The highest BCUT2D eigenvalue weighted by Crippen LogP contribution is 2.40. The Kier molecular flexibility index (Phi) is 4.29. The van der Waals surface area contributed by atoms with Crippen molar-refractivity contribution in [1.82, 2.24) is 4.90 Å². The number of methoxy groups -OCH3 is 1. The highest BCUT2D eigenvalue weighted by molar-refractivity contribution is 8.00. The zero-order valence-corrected chi connectivity index (χ0v) is 14.0. The predicted octanol–water partition coefficient (Wildman–Crippen LogP) is 0.507. The van der Waals surface area contributed by atoms with Gasteiger partial charge in [0.2, 0.25) is 14.2 Å². The van der Waals surface area contributed by atoms with Crippen LogP contribution in [-0.4, -0.2) is 56.0 Å². The molecule has 0 aromatic carbocycles. The van der Waals surface area contributed by atoms with Crippen LogP contribution in [0.1, 0.15) is 0 Å². The molecule has 0 radical (unpaired) electrons. The summed E-state index contributed by atoms with van der Waals surface area (Å²) in [6, 6.07) is -0.529. The third-order valence-corrected chi connectivity index (χ3v) is 5.16. The molecule has 1 amide bonds. The Balaban J connectivity index is 2.31. The van der Waals surface area contributed by atoms with E-state index in [2.05, 4.69) is 0 Å². The number of carbonyl (C=O) groups is 2. The molecule has 0 saturated carbocycles. The van der Waals surface area contributed by atoms with Crippen molar-refractivity contribution in [3.8, 4) is 0 Å². The fourth-order valence-electron chi connectivity index (χ4n) is 2.18. The Morgan fingerprint density at radius 1 is 1.50 bits per heavy atom. The van der Waals surface area contributed by atoms with E-state index in [1.54, 1.807) is 18.9 Å². The fraction of sp³-hybridized carbons (Fsp3) is 0.667. The molecule has 0 unspecified atom stereocenters. The van der Waals surface area contributed by atoms with E-state index < -0.39 is 20.3 Å². The summed E-state index contributed by atoms with van der Waals surface area (Å²) in [6.45, 7) is 6.11. The molecule has 1 fully saturated rings. The van der Waals surface area contributed by atoms with Gasteiger partial charge in [0.15, 0.2) is 0 Å². The zero-order valence-electron chi connectivity index (χ0n) is 12.1. The van der Waals surface area contributed by atoms with Gasteiger partial charge in [0.25, 0.3) is 0 Å². The highest BCUT2D eigenvalue weighted by Gasteiger charge is 2.52. The molecule has 2 N–H and O–H groups in total. The molecule has 6 nitrogen and oxygen atoms in total. The van der Waals surface area contributed by atoms with E-state index in [1.165, 1.54) is 4.90 Å². The third-order valence-electron chi connectivity index (χ3n) is 3.00. The number of nitrogens with zero attached hydrogens (tertiary/aromatic N) is 1. The zero-order chi connectivity index (χ0) is 15.1. The van der Waals surface area contributed by atoms with Crippen molar-refractivity contribution in [3.63, 3.8) is 0 Å². The number of nitrogens with two attached hydrogens (primary N) is 1. The van der Waals surface area contributed by atoms with Crippen LogP contribution >= 0.6 is 11.8 Å². The number of thioether (sulfide) groups is 1. The van der Waals surface area contributed by atoms with Gasteiger partial charge < -0.3 is 14.9 Å². The van der Waals surface area contributed by atoms with E-state index in [1.807, 2.05) is 19.6 Å². The highest BCUT2D eigenvalue weighted by atomic mass is 32.2. The summed E-state index contributed by atoms with van der Waals surface area (Å²) in [5.74, 6) is -0.0216. The monoisotopic (exact) mass is 316 g/mol. The summed E-state index contributed by atoms with van der Waals surface area (Å²) in [6.07, 6.45) is 0. The van der Waals surface area contributed by atoms with Crippen LogP contribution in [0.3, 0.4) is 0 Å². The third kappa shape index (κ3) is 2.78. The Morgan fingerprint density at radius 3 is 2.70 bits per heavy atom. The van der Waals surface area contributed by atoms with Crippen LogP contribution in [0.4, 0.5) is 0 Å². The molecule has 2 aliphatic heterocycles. The van der Waals surface area contributed by atoms with Crippen molar-refractivity contribution in [2.45, 2.75) is 31.1 Å². The first kappa shape index (κ1) is 15.6. The second-order valence-corrected chi connectivity index (χ2v) is 11.4. The normalized spacial score (nSPS) is 26.2. The van der Waals surface area contributed by atoms with Crippen LogP contribution in [-0.2, 0) is 18.8 Å². The van der Waals surface area contributed by atoms with Crippen LogP contribution in [0.15, 0.2) is 11.3 Å². The standard InChI is InChI=1S/C12H20N2O4SSi/c1-17-5-7-6-19-11-8(13)10(15)14(11)9(7)12(16)18-20(2,3)4/h8,11H,5-6,13H2,1-4H3/t8-,11-/m1/s1. The Hall–Kier alpha value is -0.833. The minimum atomic E-state index is -2.02. The van der Waals surface area contributed by atoms with Crippen LogP contribution in [0.5, 0.6) is 0 Å². The number of amides is 1. The number of carbonyl (C=O) groups excluding carboxylic acids is 2. The van der Waals surface area contributed by atoms with Crippen molar-refractivity contribution in [2.24, 2.45) is 5.73 Å². The summed E-state index contributed by atoms with van der Waals surface area (Å²) in [4.78, 5) is 25.8. The maximum Gasteiger partial charge on any atom is 0.341 e. The second kappa shape index (κ2) is 5.51. The quantitative estimate of drug-likeness (QED) is 0.601. The molecule has 0 aromatic rings. The van der Waals surface area contributed by atoms with Crippen molar-refractivity contribution in [3.05, 3.63) is 11.3 Å².